The minimum absolute atomic E-state index is 0.245. The first-order valence-electron chi connectivity index (χ1n) is 10.0. The summed E-state index contributed by atoms with van der Waals surface area (Å²) in [5.74, 6) is 0.651. The Morgan fingerprint density at radius 2 is 2.32 bits per heavy atom. The van der Waals surface area contributed by atoms with Gasteiger partial charge < -0.3 is 20.5 Å². The van der Waals surface area contributed by atoms with Crippen LogP contribution >= 0.6 is 0 Å². The first-order chi connectivity index (χ1) is 15.1. The molecule has 1 aromatic heterocycles. The van der Waals surface area contributed by atoms with Crippen LogP contribution in [-0.2, 0) is 17.8 Å². The lowest BCUT2D eigenvalue weighted by Crippen LogP contribution is -2.21. The normalized spacial score (nSPS) is 13.2. The highest BCUT2D eigenvalue weighted by Crippen LogP contribution is 2.26. The van der Waals surface area contributed by atoms with E-state index in [9.17, 15) is 4.79 Å². The second-order valence-corrected chi connectivity index (χ2v) is 6.96. The van der Waals surface area contributed by atoms with Gasteiger partial charge >= 0.3 is 5.97 Å². The number of aromatic nitrogens is 1. The summed E-state index contributed by atoms with van der Waals surface area (Å²) >= 11 is 0. The molecule has 3 rings (SSSR count). The van der Waals surface area contributed by atoms with Crippen LogP contribution in [0.4, 0.5) is 5.82 Å². The summed E-state index contributed by atoms with van der Waals surface area (Å²) in [5, 5.41) is 12.5. The van der Waals surface area contributed by atoms with E-state index in [0.717, 1.165) is 29.7 Å². The van der Waals surface area contributed by atoms with Crippen molar-refractivity contribution in [3.63, 3.8) is 0 Å². The average molecular weight is 419 g/mol. The summed E-state index contributed by atoms with van der Waals surface area (Å²) in [6.45, 7) is 5.96. The molecule has 0 fully saturated rings. The second kappa shape index (κ2) is 10.4. The van der Waals surface area contributed by atoms with E-state index in [1.54, 1.807) is 12.3 Å². The Bertz CT molecular complexity index is 1070. The van der Waals surface area contributed by atoms with Gasteiger partial charge in [-0.2, -0.15) is 5.26 Å². The molecule has 8 heteroatoms. The van der Waals surface area contributed by atoms with E-state index in [4.69, 9.17) is 20.5 Å². The smallest absolute Gasteiger partial charge is 0.338 e. The Kier molecular flexibility index (Phi) is 7.35. The summed E-state index contributed by atoms with van der Waals surface area (Å²) in [4.78, 5) is 20.1. The molecule has 3 N–H and O–H groups in total. The molecule has 8 nitrogen and oxygen atoms in total. The number of benzene rings is 1. The van der Waals surface area contributed by atoms with Gasteiger partial charge in [-0.25, -0.2) is 14.8 Å². The largest absolute Gasteiger partial charge is 0.492 e. The summed E-state index contributed by atoms with van der Waals surface area (Å²) in [7, 11) is 0. The molecule has 0 amide bonds. The number of cyclic esters (lactones) is 1. The summed E-state index contributed by atoms with van der Waals surface area (Å²) < 4.78 is 10.6. The number of rotatable bonds is 9. The maximum atomic E-state index is 11.7. The van der Waals surface area contributed by atoms with Crippen molar-refractivity contribution < 1.29 is 14.3 Å². The van der Waals surface area contributed by atoms with Crippen LogP contribution in [0.15, 0.2) is 41.2 Å². The Hall–Kier alpha value is -3.70. The predicted molar refractivity (Wildman–Crippen MR) is 117 cm³/mol. The average Bonchev–Trinajstić information content (AvgIpc) is 3.16. The highest BCUT2D eigenvalue weighted by molar-refractivity contribution is 5.93. The predicted octanol–water partition coefficient (Wildman–Crippen LogP) is 2.71. The molecule has 0 aliphatic carbocycles. The zero-order valence-corrected chi connectivity index (χ0v) is 17.6. The van der Waals surface area contributed by atoms with Crippen molar-refractivity contribution in [2.24, 2.45) is 10.7 Å². The molecule has 2 heterocycles. The Morgan fingerprint density at radius 1 is 1.48 bits per heavy atom. The summed E-state index contributed by atoms with van der Waals surface area (Å²) in [6, 6.07) is 7.50. The van der Waals surface area contributed by atoms with Gasteiger partial charge in [0.1, 0.15) is 24.0 Å². The van der Waals surface area contributed by atoms with Gasteiger partial charge in [-0.3, -0.25) is 0 Å². The van der Waals surface area contributed by atoms with Gasteiger partial charge in [0, 0.05) is 24.4 Å². The van der Waals surface area contributed by atoms with Crippen LogP contribution in [0.2, 0.25) is 0 Å². The molecule has 1 aliphatic heterocycles. The second-order valence-electron chi connectivity index (χ2n) is 6.96. The lowest BCUT2D eigenvalue weighted by atomic mass is 9.97. The van der Waals surface area contributed by atoms with Crippen LogP contribution in [0, 0.1) is 18.3 Å². The Balaban J connectivity index is 1.54. The minimum atomic E-state index is -0.245. The van der Waals surface area contributed by atoms with E-state index in [1.165, 1.54) is 18.0 Å². The maximum absolute atomic E-state index is 11.7. The van der Waals surface area contributed by atoms with Crippen molar-refractivity contribution in [2.75, 3.05) is 19.7 Å². The Labute approximate surface area is 181 Å². The zero-order chi connectivity index (χ0) is 22.2. The topological polar surface area (TPSA) is 123 Å². The van der Waals surface area contributed by atoms with Crippen LogP contribution < -0.4 is 15.8 Å². The van der Waals surface area contributed by atoms with E-state index in [0.29, 0.717) is 42.5 Å². The first kappa shape index (κ1) is 22.0. The van der Waals surface area contributed by atoms with Gasteiger partial charge in [0.2, 0.25) is 0 Å². The number of esters is 1. The molecule has 0 spiro atoms. The van der Waals surface area contributed by atoms with E-state index in [1.807, 2.05) is 32.0 Å². The number of aliphatic imine (C=N–C) groups is 1. The van der Waals surface area contributed by atoms with Gasteiger partial charge in [-0.1, -0.05) is 6.07 Å². The molecule has 31 heavy (non-hydrogen) atoms. The lowest BCUT2D eigenvalue weighted by Gasteiger charge is -2.10. The number of ether oxygens (including phenoxy) is 2. The number of carbonyl (C=O) groups is 1. The number of nitrogens with one attached hydrogen (secondary N) is 1. The van der Waals surface area contributed by atoms with E-state index in [2.05, 4.69) is 15.3 Å². The third-order valence-corrected chi connectivity index (χ3v) is 5.03. The SMILES string of the molecule is CCOc1cc(N=CC(=CN)CNCCc2ccc3c(c2C)COC3=O)ncc1C#N. The monoisotopic (exact) mass is 419 g/mol. The van der Waals surface area contributed by atoms with E-state index < -0.39 is 0 Å². The van der Waals surface area contributed by atoms with Gasteiger partial charge in [0.25, 0.3) is 0 Å². The summed E-state index contributed by atoms with van der Waals surface area (Å²) in [5.41, 5.74) is 10.8. The minimum Gasteiger partial charge on any atom is -0.492 e. The van der Waals surface area contributed by atoms with Gasteiger partial charge in [-0.15, -0.1) is 0 Å². The summed E-state index contributed by atoms with van der Waals surface area (Å²) in [6.07, 6.45) is 5.39. The lowest BCUT2D eigenvalue weighted by molar-refractivity contribution is 0.0535. The molecule has 0 bridgehead atoms. The van der Waals surface area contributed by atoms with Crippen molar-refractivity contribution in [1.29, 1.82) is 5.26 Å². The molecule has 2 aromatic rings. The number of hydrogen-bond acceptors (Lipinski definition) is 8. The highest BCUT2D eigenvalue weighted by atomic mass is 16.5. The fourth-order valence-corrected chi connectivity index (χ4v) is 3.28. The third kappa shape index (κ3) is 5.27. The number of pyridine rings is 1. The number of nitrogens with zero attached hydrogens (tertiary/aromatic N) is 3. The van der Waals surface area contributed by atoms with Crippen LogP contribution in [-0.4, -0.2) is 36.9 Å². The van der Waals surface area contributed by atoms with Crippen molar-refractivity contribution in [3.8, 4) is 11.8 Å². The molecule has 0 radical (unpaired) electrons. The number of fused-ring (bicyclic) bond motifs is 1. The standard InChI is InChI=1S/C23H25N5O3/c1-3-30-21-8-22(28-13-18(21)10-25)27-12-16(9-24)11-26-7-6-17-4-5-19-20(15(17)2)14-31-23(19)29/h4-5,8-9,12-13,26H,3,6-7,11,14,24H2,1-2H3. The maximum Gasteiger partial charge on any atom is 0.338 e. The van der Waals surface area contributed by atoms with Crippen LogP contribution in [0.5, 0.6) is 5.75 Å². The van der Waals surface area contributed by atoms with Crippen LogP contribution in [0.25, 0.3) is 0 Å². The quantitative estimate of drug-likeness (QED) is 0.364. The number of nitriles is 1. The van der Waals surface area contributed by atoms with Crippen molar-refractivity contribution in [2.45, 2.75) is 26.9 Å². The zero-order valence-electron chi connectivity index (χ0n) is 17.6. The molecule has 0 atom stereocenters. The molecule has 0 unspecified atom stereocenters. The van der Waals surface area contributed by atoms with Gasteiger partial charge in [0.15, 0.2) is 5.82 Å². The number of hydrogen-bond donors (Lipinski definition) is 2. The van der Waals surface area contributed by atoms with Crippen LogP contribution in [0.1, 0.15) is 39.5 Å². The van der Waals surface area contributed by atoms with Crippen molar-refractivity contribution in [1.82, 2.24) is 10.3 Å². The Morgan fingerprint density at radius 3 is 3.06 bits per heavy atom. The number of nitrogens with two attached hydrogens (primary N) is 1. The van der Waals surface area contributed by atoms with Crippen molar-refractivity contribution >= 4 is 18.0 Å². The fourth-order valence-electron chi connectivity index (χ4n) is 3.28. The molecule has 160 valence electrons. The highest BCUT2D eigenvalue weighted by Gasteiger charge is 2.23. The van der Waals surface area contributed by atoms with Crippen molar-refractivity contribution in [3.05, 3.63) is 64.0 Å². The fraction of sp³-hybridized carbons (Fsp3) is 0.304. The molecular weight excluding hydrogens is 394 g/mol. The molecule has 0 saturated heterocycles. The van der Waals surface area contributed by atoms with E-state index in [-0.39, 0.29) is 5.97 Å². The molecular formula is C23H25N5O3. The van der Waals surface area contributed by atoms with Crippen LogP contribution in [0.3, 0.4) is 0 Å². The molecule has 1 aromatic carbocycles. The third-order valence-electron chi connectivity index (χ3n) is 5.03. The molecule has 0 saturated carbocycles. The van der Waals surface area contributed by atoms with Gasteiger partial charge in [-0.05, 0) is 55.8 Å². The first-order valence-corrected chi connectivity index (χ1v) is 10.0. The molecule has 1 aliphatic rings. The van der Waals surface area contributed by atoms with Gasteiger partial charge in [0.05, 0.1) is 18.4 Å². The number of carbonyl (C=O) groups excluding carboxylic acids is 1. The van der Waals surface area contributed by atoms with E-state index >= 15 is 0 Å².